The minimum absolute atomic E-state index is 0.0386. The van der Waals surface area contributed by atoms with Gasteiger partial charge in [0.1, 0.15) is 0 Å². The van der Waals surface area contributed by atoms with Crippen LogP contribution in [0.1, 0.15) is 19.8 Å². The highest BCUT2D eigenvalue weighted by Gasteiger charge is 2.29. The van der Waals surface area contributed by atoms with E-state index in [9.17, 15) is 26.4 Å². The summed E-state index contributed by atoms with van der Waals surface area (Å²) >= 11 is 0. The third-order valence-electron chi connectivity index (χ3n) is 3.73. The fraction of sp³-hybridized carbons (Fsp3) is 0.467. The van der Waals surface area contributed by atoms with Crippen LogP contribution in [0.2, 0.25) is 0 Å². The van der Waals surface area contributed by atoms with Gasteiger partial charge in [0.25, 0.3) is 0 Å². The van der Waals surface area contributed by atoms with Crippen molar-refractivity contribution >= 4 is 37.2 Å². The smallest absolute Gasteiger partial charge is 0.221 e. The van der Waals surface area contributed by atoms with Crippen molar-refractivity contribution in [1.29, 1.82) is 0 Å². The molecular formula is C15H20N2O6S2. The Hall–Kier alpha value is -1.94. The maximum absolute atomic E-state index is 12.2. The van der Waals surface area contributed by atoms with Gasteiger partial charge < -0.3 is 10.6 Å². The maximum atomic E-state index is 12.2. The summed E-state index contributed by atoms with van der Waals surface area (Å²) in [6, 6.07) is 5.22. The number of nitrogens with one attached hydrogen (secondary N) is 2. The second kappa shape index (κ2) is 7.52. The Labute approximate surface area is 146 Å². The molecule has 1 fully saturated rings. The molecule has 2 amide bonds. The second-order valence-corrected chi connectivity index (χ2v) is 10.3. The molecule has 0 radical (unpaired) electrons. The van der Waals surface area contributed by atoms with Crippen LogP contribution in [-0.2, 0) is 29.3 Å². The van der Waals surface area contributed by atoms with Crippen LogP contribution in [0.15, 0.2) is 29.2 Å². The van der Waals surface area contributed by atoms with Crippen LogP contribution in [0.5, 0.6) is 0 Å². The number of anilines is 1. The molecule has 0 saturated carbocycles. The molecular weight excluding hydrogens is 368 g/mol. The number of hydrogen-bond acceptors (Lipinski definition) is 6. The molecule has 1 atom stereocenters. The van der Waals surface area contributed by atoms with Crippen LogP contribution in [0.3, 0.4) is 0 Å². The number of hydrogen-bond donors (Lipinski definition) is 2. The summed E-state index contributed by atoms with van der Waals surface area (Å²) < 4.78 is 47.2. The molecule has 1 heterocycles. The van der Waals surface area contributed by atoms with Crippen LogP contribution in [0.4, 0.5) is 5.69 Å². The van der Waals surface area contributed by atoms with Crippen molar-refractivity contribution in [2.75, 3.05) is 22.6 Å². The number of sulfone groups is 2. The van der Waals surface area contributed by atoms with Crippen LogP contribution in [0.25, 0.3) is 0 Å². The van der Waals surface area contributed by atoms with E-state index in [2.05, 4.69) is 10.6 Å². The summed E-state index contributed by atoms with van der Waals surface area (Å²) in [6.07, 6.45) is 0.109. The van der Waals surface area contributed by atoms with Gasteiger partial charge in [-0.15, -0.1) is 0 Å². The molecule has 1 unspecified atom stereocenters. The first kappa shape index (κ1) is 19.4. The van der Waals surface area contributed by atoms with Crippen molar-refractivity contribution in [2.24, 2.45) is 0 Å². The number of rotatable bonds is 6. The van der Waals surface area contributed by atoms with E-state index in [-0.39, 0.29) is 34.5 Å². The lowest BCUT2D eigenvalue weighted by Gasteiger charge is -2.11. The van der Waals surface area contributed by atoms with E-state index in [1.807, 2.05) is 0 Å². The number of carbonyl (C=O) groups excluding carboxylic acids is 2. The van der Waals surface area contributed by atoms with Gasteiger partial charge in [-0.2, -0.15) is 0 Å². The molecule has 1 aliphatic heterocycles. The van der Waals surface area contributed by atoms with Crippen LogP contribution in [-0.4, -0.2) is 52.0 Å². The standard InChI is InChI=1S/C15H20N2O6S2/c1-11(18)16-12-2-4-14(5-3-12)25(22,23)9-7-15(19)17-13-6-8-24(20,21)10-13/h2-5,13H,6-10H2,1H3,(H,16,18)(H,17,19). The molecule has 2 N–H and O–H groups in total. The Morgan fingerprint density at radius 2 is 1.84 bits per heavy atom. The zero-order valence-corrected chi connectivity index (χ0v) is 15.3. The van der Waals surface area contributed by atoms with Crippen LogP contribution < -0.4 is 10.6 Å². The first-order valence-corrected chi connectivity index (χ1v) is 11.1. The summed E-state index contributed by atoms with van der Waals surface area (Å²) in [5.41, 5.74) is 0.478. The van der Waals surface area contributed by atoms with E-state index >= 15 is 0 Å². The largest absolute Gasteiger partial charge is 0.352 e. The minimum atomic E-state index is -3.65. The predicted octanol–water partition coefficient (Wildman–Crippen LogP) is 0.112. The molecule has 2 rings (SSSR count). The molecule has 10 heteroatoms. The quantitative estimate of drug-likeness (QED) is 0.712. The summed E-state index contributed by atoms with van der Waals surface area (Å²) in [6.45, 7) is 1.35. The van der Waals surface area contributed by atoms with E-state index in [1.165, 1.54) is 31.2 Å². The lowest BCUT2D eigenvalue weighted by molar-refractivity contribution is -0.121. The molecule has 138 valence electrons. The van der Waals surface area contributed by atoms with Gasteiger partial charge in [0.05, 0.1) is 22.2 Å². The van der Waals surface area contributed by atoms with E-state index in [0.29, 0.717) is 12.1 Å². The van der Waals surface area contributed by atoms with Crippen LogP contribution in [0, 0.1) is 0 Å². The lowest BCUT2D eigenvalue weighted by atomic mass is 10.2. The van der Waals surface area contributed by atoms with Crippen molar-refractivity contribution in [2.45, 2.75) is 30.7 Å². The van der Waals surface area contributed by atoms with Gasteiger partial charge in [-0.1, -0.05) is 0 Å². The molecule has 0 spiro atoms. The SMILES string of the molecule is CC(=O)Nc1ccc(S(=O)(=O)CCC(=O)NC2CCS(=O)(=O)C2)cc1. The fourth-order valence-electron chi connectivity index (χ4n) is 2.50. The van der Waals surface area contributed by atoms with Crippen molar-refractivity contribution in [1.82, 2.24) is 5.32 Å². The summed E-state index contributed by atoms with van der Waals surface area (Å²) in [5, 5.41) is 5.09. The molecule has 8 nitrogen and oxygen atoms in total. The van der Waals surface area contributed by atoms with E-state index in [0.717, 1.165) is 0 Å². The number of benzene rings is 1. The first-order chi connectivity index (χ1) is 11.6. The average molecular weight is 388 g/mol. The predicted molar refractivity (Wildman–Crippen MR) is 92.6 cm³/mol. The lowest BCUT2D eigenvalue weighted by Crippen LogP contribution is -2.36. The van der Waals surface area contributed by atoms with E-state index in [1.54, 1.807) is 0 Å². The van der Waals surface area contributed by atoms with Gasteiger partial charge in [-0.3, -0.25) is 9.59 Å². The first-order valence-electron chi connectivity index (χ1n) is 7.68. The highest BCUT2D eigenvalue weighted by Crippen LogP contribution is 2.16. The van der Waals surface area contributed by atoms with Gasteiger partial charge in [0.2, 0.25) is 11.8 Å². The Bertz CT molecular complexity index is 860. The zero-order chi connectivity index (χ0) is 18.7. The van der Waals surface area contributed by atoms with Gasteiger partial charge in [-0.25, -0.2) is 16.8 Å². The van der Waals surface area contributed by atoms with Gasteiger partial charge in [0, 0.05) is 25.1 Å². The van der Waals surface area contributed by atoms with Crippen LogP contribution >= 0.6 is 0 Å². The Kier molecular flexibility index (Phi) is 5.83. The normalized spacial score (nSPS) is 19.3. The zero-order valence-electron chi connectivity index (χ0n) is 13.7. The number of carbonyl (C=O) groups is 2. The summed E-state index contributed by atoms with van der Waals surface area (Å²) in [7, 11) is -6.75. The highest BCUT2D eigenvalue weighted by atomic mass is 32.2. The summed E-state index contributed by atoms with van der Waals surface area (Å²) in [5.74, 6) is -1.19. The monoisotopic (exact) mass is 388 g/mol. The molecule has 1 aromatic rings. The molecule has 1 aromatic carbocycles. The Morgan fingerprint density at radius 3 is 2.36 bits per heavy atom. The third kappa shape index (κ3) is 5.82. The molecule has 0 bridgehead atoms. The maximum Gasteiger partial charge on any atom is 0.221 e. The van der Waals surface area contributed by atoms with Gasteiger partial charge in [0.15, 0.2) is 19.7 Å². The summed E-state index contributed by atoms with van der Waals surface area (Å²) in [4.78, 5) is 22.8. The van der Waals surface area contributed by atoms with Gasteiger partial charge in [-0.05, 0) is 30.7 Å². The van der Waals surface area contributed by atoms with E-state index in [4.69, 9.17) is 0 Å². The van der Waals surface area contributed by atoms with Crippen molar-refractivity contribution in [3.63, 3.8) is 0 Å². The number of amides is 2. The van der Waals surface area contributed by atoms with E-state index < -0.39 is 31.6 Å². The molecule has 1 aliphatic rings. The molecule has 1 saturated heterocycles. The average Bonchev–Trinajstić information content (AvgIpc) is 2.84. The molecule has 0 aromatic heterocycles. The topological polar surface area (TPSA) is 126 Å². The Balaban J connectivity index is 1.90. The van der Waals surface area contributed by atoms with Crippen molar-refractivity contribution < 1.29 is 26.4 Å². The molecule has 25 heavy (non-hydrogen) atoms. The second-order valence-electron chi connectivity index (χ2n) is 5.94. The van der Waals surface area contributed by atoms with Crippen molar-refractivity contribution in [3.05, 3.63) is 24.3 Å². The fourth-order valence-corrected chi connectivity index (χ4v) is 5.42. The Morgan fingerprint density at radius 1 is 1.20 bits per heavy atom. The third-order valence-corrected chi connectivity index (χ3v) is 7.23. The van der Waals surface area contributed by atoms with Crippen molar-refractivity contribution in [3.8, 4) is 0 Å². The highest BCUT2D eigenvalue weighted by molar-refractivity contribution is 7.91. The molecule has 0 aliphatic carbocycles. The van der Waals surface area contributed by atoms with Gasteiger partial charge >= 0.3 is 0 Å². The minimum Gasteiger partial charge on any atom is -0.352 e.